The Balaban J connectivity index is 1.56. The Kier molecular flexibility index (Phi) is 5.38. The molecule has 35 heavy (non-hydrogen) atoms. The smallest absolute Gasteiger partial charge is 0.216 e. The average Bonchev–Trinajstić information content (AvgIpc) is 3.28. The van der Waals surface area contributed by atoms with Crippen molar-refractivity contribution in [1.29, 1.82) is 5.26 Å². The monoisotopic (exact) mass is 457 g/mol. The molecule has 172 valence electrons. The number of aromatic nitrogens is 1. The number of rotatable bonds is 3. The van der Waals surface area contributed by atoms with Gasteiger partial charge in [-0.05, 0) is 60.6 Å². The third-order valence-corrected chi connectivity index (χ3v) is 7.69. The third kappa shape index (κ3) is 3.70. The van der Waals surface area contributed by atoms with E-state index in [1.807, 2.05) is 18.2 Å². The highest BCUT2D eigenvalue weighted by Crippen LogP contribution is 2.41. The number of benzene rings is 3. The molecule has 3 aromatic carbocycles. The summed E-state index contributed by atoms with van der Waals surface area (Å²) < 4.78 is 8.81. The molecule has 2 heterocycles. The molecular weight excluding hydrogens is 428 g/mol. The van der Waals surface area contributed by atoms with Crippen LogP contribution < -0.4 is 4.57 Å². The molecule has 0 radical (unpaired) electrons. The maximum absolute atomic E-state index is 9.82. The van der Waals surface area contributed by atoms with E-state index in [1.54, 1.807) is 0 Å². The lowest BCUT2D eigenvalue weighted by molar-refractivity contribution is -0.660. The van der Waals surface area contributed by atoms with Crippen LogP contribution in [0.25, 0.3) is 44.3 Å². The first-order valence-electron chi connectivity index (χ1n) is 12.6. The topological polar surface area (TPSA) is 40.8 Å². The van der Waals surface area contributed by atoms with Crippen molar-refractivity contribution < 1.29 is 8.98 Å². The van der Waals surface area contributed by atoms with E-state index in [4.69, 9.17) is 4.42 Å². The number of nitriles is 1. The zero-order valence-electron chi connectivity index (χ0n) is 20.3. The first kappa shape index (κ1) is 21.6. The molecule has 0 saturated heterocycles. The van der Waals surface area contributed by atoms with Crippen LogP contribution in [0, 0.1) is 18.3 Å². The lowest BCUT2D eigenvalue weighted by Crippen LogP contribution is -2.30. The van der Waals surface area contributed by atoms with E-state index in [1.165, 1.54) is 37.7 Å². The van der Waals surface area contributed by atoms with Gasteiger partial charge in [0.2, 0.25) is 5.69 Å². The molecule has 3 heteroatoms. The van der Waals surface area contributed by atoms with Gasteiger partial charge in [-0.2, -0.15) is 5.26 Å². The van der Waals surface area contributed by atoms with Crippen LogP contribution in [-0.2, 0) is 7.05 Å². The fraction of sp³-hybridized carbons (Fsp3) is 0.250. The predicted octanol–water partition coefficient (Wildman–Crippen LogP) is 7.97. The summed E-state index contributed by atoms with van der Waals surface area (Å²) in [5, 5.41) is 11.9. The normalized spacial score (nSPS) is 14.4. The van der Waals surface area contributed by atoms with Crippen molar-refractivity contribution in [2.75, 3.05) is 0 Å². The number of pyridine rings is 1. The number of fused-ring (bicyclic) bond motifs is 3. The SMILES string of the molecule is Cc1ccc2c(oc3c(-c4ccc(C5CCCCC5)cc4)cc(C#N)cc32)c1-c1cccc[n+]1C. The van der Waals surface area contributed by atoms with E-state index in [2.05, 4.69) is 79.3 Å². The molecule has 0 spiro atoms. The number of hydrogen-bond donors (Lipinski definition) is 0. The Hall–Kier alpha value is -3.90. The van der Waals surface area contributed by atoms with Gasteiger partial charge in [0.05, 0.1) is 17.2 Å². The van der Waals surface area contributed by atoms with E-state index >= 15 is 0 Å². The molecule has 1 aliphatic carbocycles. The highest BCUT2D eigenvalue weighted by Gasteiger charge is 2.22. The number of hydrogen-bond acceptors (Lipinski definition) is 2. The molecule has 1 aliphatic rings. The number of nitrogens with zero attached hydrogens (tertiary/aromatic N) is 2. The predicted molar refractivity (Wildman–Crippen MR) is 141 cm³/mol. The van der Waals surface area contributed by atoms with Crippen molar-refractivity contribution in [3.8, 4) is 28.5 Å². The lowest BCUT2D eigenvalue weighted by atomic mass is 9.83. The van der Waals surface area contributed by atoms with Crippen molar-refractivity contribution >= 4 is 21.9 Å². The maximum atomic E-state index is 9.82. The Morgan fingerprint density at radius 1 is 0.886 bits per heavy atom. The van der Waals surface area contributed by atoms with Gasteiger partial charge < -0.3 is 4.42 Å². The Labute approximate surface area is 206 Å². The van der Waals surface area contributed by atoms with E-state index in [0.717, 1.165) is 49.9 Å². The van der Waals surface area contributed by atoms with Gasteiger partial charge in [0.25, 0.3) is 0 Å². The van der Waals surface area contributed by atoms with Gasteiger partial charge >= 0.3 is 0 Å². The van der Waals surface area contributed by atoms with Gasteiger partial charge in [0.15, 0.2) is 6.20 Å². The fourth-order valence-corrected chi connectivity index (χ4v) is 5.79. The molecule has 0 N–H and O–H groups in total. The molecule has 3 nitrogen and oxygen atoms in total. The van der Waals surface area contributed by atoms with Crippen LogP contribution in [0.4, 0.5) is 0 Å². The van der Waals surface area contributed by atoms with Gasteiger partial charge in [0, 0.05) is 28.5 Å². The van der Waals surface area contributed by atoms with Gasteiger partial charge in [-0.25, -0.2) is 4.57 Å². The van der Waals surface area contributed by atoms with E-state index in [-0.39, 0.29) is 0 Å². The van der Waals surface area contributed by atoms with Crippen LogP contribution >= 0.6 is 0 Å². The van der Waals surface area contributed by atoms with Gasteiger partial charge in [-0.1, -0.05) is 55.7 Å². The van der Waals surface area contributed by atoms with Crippen LogP contribution in [0.5, 0.6) is 0 Å². The molecule has 1 saturated carbocycles. The second-order valence-corrected chi connectivity index (χ2v) is 9.90. The zero-order chi connectivity index (χ0) is 23.9. The number of furan rings is 1. The summed E-state index contributed by atoms with van der Waals surface area (Å²) in [6.45, 7) is 2.13. The van der Waals surface area contributed by atoms with Crippen molar-refractivity contribution in [3.63, 3.8) is 0 Å². The molecule has 0 aliphatic heterocycles. The van der Waals surface area contributed by atoms with Gasteiger partial charge in [-0.3, -0.25) is 0 Å². The summed E-state index contributed by atoms with van der Waals surface area (Å²) in [4.78, 5) is 0. The van der Waals surface area contributed by atoms with Crippen molar-refractivity contribution in [2.45, 2.75) is 44.9 Å². The average molecular weight is 458 g/mol. The molecule has 0 amide bonds. The minimum atomic E-state index is 0.652. The fourth-order valence-electron chi connectivity index (χ4n) is 5.79. The molecular formula is C32H29N2O+. The molecule has 5 aromatic rings. The molecule has 0 unspecified atom stereocenters. The minimum Gasteiger partial charge on any atom is -0.454 e. The quantitative estimate of drug-likeness (QED) is 0.258. The standard InChI is InChI=1S/C32H29N2O/c1-21-11-16-26-28-19-22(20-33)18-27(25-14-12-24(13-15-25)23-8-4-3-5-9-23)31(28)35-32(26)30(21)29-10-6-7-17-34(29)2/h6-7,10-19,23H,3-5,8-9H2,1-2H3/q+1. The van der Waals surface area contributed by atoms with E-state index in [0.29, 0.717) is 11.5 Å². The van der Waals surface area contributed by atoms with Crippen LogP contribution in [0.2, 0.25) is 0 Å². The third-order valence-electron chi connectivity index (χ3n) is 7.69. The summed E-state index contributed by atoms with van der Waals surface area (Å²) in [7, 11) is 2.06. The Morgan fingerprint density at radius 3 is 2.43 bits per heavy atom. The van der Waals surface area contributed by atoms with E-state index in [9.17, 15) is 5.26 Å². The zero-order valence-corrected chi connectivity index (χ0v) is 20.3. The molecule has 6 rings (SSSR count). The maximum Gasteiger partial charge on any atom is 0.216 e. The van der Waals surface area contributed by atoms with Crippen LogP contribution in [0.15, 0.2) is 77.3 Å². The summed E-state index contributed by atoms with van der Waals surface area (Å²) in [5.41, 5.74) is 9.23. The van der Waals surface area contributed by atoms with Crippen LogP contribution in [-0.4, -0.2) is 0 Å². The van der Waals surface area contributed by atoms with Crippen molar-refractivity contribution in [2.24, 2.45) is 7.05 Å². The summed E-state index contributed by atoms with van der Waals surface area (Å²) in [6.07, 6.45) is 8.66. The highest BCUT2D eigenvalue weighted by molar-refractivity contribution is 6.13. The number of aryl methyl sites for hydroxylation is 2. The van der Waals surface area contributed by atoms with Crippen LogP contribution in [0.1, 0.15) is 54.7 Å². The van der Waals surface area contributed by atoms with Crippen LogP contribution in [0.3, 0.4) is 0 Å². The molecule has 0 bridgehead atoms. The molecule has 1 fully saturated rings. The van der Waals surface area contributed by atoms with Gasteiger partial charge in [0.1, 0.15) is 18.2 Å². The minimum absolute atomic E-state index is 0.652. The Bertz CT molecular complexity index is 1600. The van der Waals surface area contributed by atoms with Gasteiger partial charge in [-0.15, -0.1) is 0 Å². The summed E-state index contributed by atoms with van der Waals surface area (Å²) >= 11 is 0. The Morgan fingerprint density at radius 2 is 1.69 bits per heavy atom. The summed E-state index contributed by atoms with van der Waals surface area (Å²) in [5.74, 6) is 0.673. The largest absolute Gasteiger partial charge is 0.454 e. The summed E-state index contributed by atoms with van der Waals surface area (Å²) in [6, 6.07) is 25.8. The second-order valence-electron chi connectivity index (χ2n) is 9.90. The van der Waals surface area contributed by atoms with Crippen molar-refractivity contribution in [3.05, 3.63) is 89.6 Å². The van der Waals surface area contributed by atoms with E-state index < -0.39 is 0 Å². The van der Waals surface area contributed by atoms with Crippen molar-refractivity contribution in [1.82, 2.24) is 0 Å². The highest BCUT2D eigenvalue weighted by atomic mass is 16.3. The lowest BCUT2D eigenvalue weighted by Gasteiger charge is -2.22. The molecule has 0 atom stereocenters. The second kappa shape index (κ2) is 8.71. The first-order valence-corrected chi connectivity index (χ1v) is 12.6. The first-order chi connectivity index (χ1) is 17.1. The molecule has 2 aromatic heterocycles.